The Hall–Kier alpha value is -2.61. The third-order valence-electron chi connectivity index (χ3n) is 3.11. The van der Waals surface area contributed by atoms with E-state index in [4.69, 9.17) is 4.74 Å². The molecule has 0 saturated heterocycles. The Balaban J connectivity index is 1.96. The first-order valence-corrected chi connectivity index (χ1v) is 7.07. The average Bonchev–Trinajstić information content (AvgIpc) is 2.56. The van der Waals surface area contributed by atoms with Gasteiger partial charge in [0.25, 0.3) is 5.91 Å². The highest BCUT2D eigenvalue weighted by atomic mass is 19.4. The van der Waals surface area contributed by atoms with Crippen molar-refractivity contribution in [3.05, 3.63) is 53.7 Å². The number of nitrogens with one attached hydrogen (secondary N) is 2. The summed E-state index contributed by atoms with van der Waals surface area (Å²) in [5, 5.41) is 5.60. The normalized spacial score (nSPS) is 11.2. The van der Waals surface area contributed by atoms with E-state index < -0.39 is 17.6 Å². The number of methoxy groups -OCH3 is 1. The molecule has 0 unspecified atom stereocenters. The summed E-state index contributed by atoms with van der Waals surface area (Å²) in [6.45, 7) is 1.17. The lowest BCUT2D eigenvalue weighted by atomic mass is 10.1. The molecule has 2 N–H and O–H groups in total. The summed E-state index contributed by atoms with van der Waals surface area (Å²) in [6.07, 6.45) is -2.89. The van der Waals surface area contributed by atoms with Crippen molar-refractivity contribution in [2.45, 2.75) is 6.18 Å². The SMILES string of the molecule is COCCNc1ccc(NC(=O)c2ccc(C(F)(F)F)cc2)nc1. The number of carbonyl (C=O) groups excluding carboxylic acids is 1. The maximum atomic E-state index is 12.5. The van der Waals surface area contributed by atoms with Gasteiger partial charge >= 0.3 is 6.18 Å². The lowest BCUT2D eigenvalue weighted by Gasteiger charge is -2.09. The predicted molar refractivity (Wildman–Crippen MR) is 84.0 cm³/mol. The molecular weight excluding hydrogens is 323 g/mol. The Morgan fingerprint density at radius 2 is 1.88 bits per heavy atom. The summed E-state index contributed by atoms with van der Waals surface area (Å²) in [5.41, 5.74) is 0.0790. The van der Waals surface area contributed by atoms with E-state index in [0.29, 0.717) is 19.0 Å². The van der Waals surface area contributed by atoms with Gasteiger partial charge in [0.2, 0.25) is 0 Å². The molecule has 1 amide bonds. The van der Waals surface area contributed by atoms with Gasteiger partial charge in [0, 0.05) is 19.2 Å². The number of halogens is 3. The molecule has 0 aliphatic heterocycles. The largest absolute Gasteiger partial charge is 0.416 e. The van der Waals surface area contributed by atoms with Crippen molar-refractivity contribution in [2.24, 2.45) is 0 Å². The number of benzene rings is 1. The van der Waals surface area contributed by atoms with E-state index in [9.17, 15) is 18.0 Å². The second-order valence-electron chi connectivity index (χ2n) is 4.88. The molecule has 1 aromatic carbocycles. The van der Waals surface area contributed by atoms with Crippen LogP contribution in [-0.2, 0) is 10.9 Å². The number of ether oxygens (including phenoxy) is 1. The molecule has 0 aliphatic rings. The number of amides is 1. The van der Waals surface area contributed by atoms with Gasteiger partial charge in [-0.25, -0.2) is 4.98 Å². The van der Waals surface area contributed by atoms with Gasteiger partial charge in [-0.2, -0.15) is 13.2 Å². The number of anilines is 2. The molecule has 1 heterocycles. The van der Waals surface area contributed by atoms with Gasteiger partial charge in [-0.3, -0.25) is 4.79 Å². The van der Waals surface area contributed by atoms with Crippen LogP contribution in [0.2, 0.25) is 0 Å². The summed E-state index contributed by atoms with van der Waals surface area (Å²) in [5.74, 6) is -0.228. The van der Waals surface area contributed by atoms with Crippen LogP contribution in [0.4, 0.5) is 24.7 Å². The van der Waals surface area contributed by atoms with Crippen molar-refractivity contribution in [1.82, 2.24) is 4.98 Å². The lowest BCUT2D eigenvalue weighted by molar-refractivity contribution is -0.137. The van der Waals surface area contributed by atoms with Crippen LogP contribution in [0, 0.1) is 0 Å². The van der Waals surface area contributed by atoms with Gasteiger partial charge in [-0.1, -0.05) is 0 Å². The molecule has 128 valence electrons. The van der Waals surface area contributed by atoms with Gasteiger partial charge in [0.05, 0.1) is 24.1 Å². The van der Waals surface area contributed by atoms with Crippen molar-refractivity contribution in [3.8, 4) is 0 Å². The standard InChI is InChI=1S/C16H16F3N3O2/c1-24-9-8-20-13-6-7-14(21-10-13)22-15(23)11-2-4-12(5-3-11)16(17,18)19/h2-7,10,20H,8-9H2,1H3,(H,21,22,23). The van der Waals surface area contributed by atoms with Crippen LogP contribution in [0.25, 0.3) is 0 Å². The van der Waals surface area contributed by atoms with E-state index in [1.165, 1.54) is 6.20 Å². The molecule has 2 rings (SSSR count). The Labute approximate surface area is 136 Å². The van der Waals surface area contributed by atoms with E-state index in [-0.39, 0.29) is 5.56 Å². The fourth-order valence-electron chi connectivity index (χ4n) is 1.87. The maximum Gasteiger partial charge on any atom is 0.416 e. The van der Waals surface area contributed by atoms with Crippen LogP contribution < -0.4 is 10.6 Å². The zero-order valence-corrected chi connectivity index (χ0v) is 12.9. The molecular formula is C16H16F3N3O2. The van der Waals surface area contributed by atoms with Crippen molar-refractivity contribution < 1.29 is 22.7 Å². The summed E-state index contributed by atoms with van der Waals surface area (Å²) >= 11 is 0. The van der Waals surface area contributed by atoms with Crippen LogP contribution in [-0.4, -0.2) is 31.2 Å². The molecule has 0 atom stereocenters. The third kappa shape index (κ3) is 4.95. The summed E-state index contributed by atoms with van der Waals surface area (Å²) < 4.78 is 42.4. The van der Waals surface area contributed by atoms with Gasteiger partial charge in [-0.15, -0.1) is 0 Å². The molecule has 0 aliphatic carbocycles. The first kappa shape index (κ1) is 17.7. The highest BCUT2D eigenvalue weighted by Gasteiger charge is 2.30. The molecule has 1 aromatic heterocycles. The van der Waals surface area contributed by atoms with Gasteiger partial charge in [0.1, 0.15) is 5.82 Å². The van der Waals surface area contributed by atoms with Crippen LogP contribution in [0.5, 0.6) is 0 Å². The number of rotatable bonds is 6. The number of alkyl halides is 3. The average molecular weight is 339 g/mol. The van der Waals surface area contributed by atoms with Crippen LogP contribution in [0.3, 0.4) is 0 Å². The molecule has 0 radical (unpaired) electrons. The number of hydrogen-bond acceptors (Lipinski definition) is 4. The highest BCUT2D eigenvalue weighted by Crippen LogP contribution is 2.29. The predicted octanol–water partition coefficient (Wildman–Crippen LogP) is 3.41. The number of carbonyl (C=O) groups is 1. The quantitative estimate of drug-likeness (QED) is 0.792. The minimum atomic E-state index is -4.43. The van der Waals surface area contributed by atoms with Crippen LogP contribution >= 0.6 is 0 Å². The van der Waals surface area contributed by atoms with E-state index in [1.54, 1.807) is 19.2 Å². The maximum absolute atomic E-state index is 12.5. The Bertz CT molecular complexity index is 670. The van der Waals surface area contributed by atoms with E-state index >= 15 is 0 Å². The second kappa shape index (κ2) is 7.78. The molecule has 24 heavy (non-hydrogen) atoms. The Kier molecular flexibility index (Phi) is 5.75. The topological polar surface area (TPSA) is 63.2 Å². The highest BCUT2D eigenvalue weighted by molar-refractivity contribution is 6.03. The van der Waals surface area contributed by atoms with Gasteiger partial charge < -0.3 is 15.4 Å². The van der Waals surface area contributed by atoms with E-state index in [2.05, 4.69) is 15.6 Å². The number of nitrogens with zero attached hydrogens (tertiary/aromatic N) is 1. The number of pyridine rings is 1. The zero-order chi connectivity index (χ0) is 17.6. The molecule has 8 heteroatoms. The number of hydrogen-bond donors (Lipinski definition) is 2. The minimum Gasteiger partial charge on any atom is -0.383 e. The molecule has 5 nitrogen and oxygen atoms in total. The second-order valence-corrected chi connectivity index (χ2v) is 4.88. The fraction of sp³-hybridized carbons (Fsp3) is 0.250. The van der Waals surface area contributed by atoms with Crippen molar-refractivity contribution in [2.75, 3.05) is 30.9 Å². The molecule has 0 spiro atoms. The fourth-order valence-corrected chi connectivity index (χ4v) is 1.87. The van der Waals surface area contributed by atoms with Crippen molar-refractivity contribution in [1.29, 1.82) is 0 Å². The zero-order valence-electron chi connectivity index (χ0n) is 12.9. The van der Waals surface area contributed by atoms with E-state index in [0.717, 1.165) is 30.0 Å². The van der Waals surface area contributed by atoms with Gasteiger partial charge in [0.15, 0.2) is 0 Å². The lowest BCUT2D eigenvalue weighted by Crippen LogP contribution is -2.14. The smallest absolute Gasteiger partial charge is 0.383 e. The first-order valence-electron chi connectivity index (χ1n) is 7.07. The van der Waals surface area contributed by atoms with Crippen molar-refractivity contribution in [3.63, 3.8) is 0 Å². The summed E-state index contributed by atoms with van der Waals surface area (Å²) in [6, 6.07) is 7.30. The Morgan fingerprint density at radius 3 is 2.42 bits per heavy atom. The monoisotopic (exact) mass is 339 g/mol. The summed E-state index contributed by atoms with van der Waals surface area (Å²) in [4.78, 5) is 16.1. The van der Waals surface area contributed by atoms with E-state index in [1.807, 2.05) is 0 Å². The molecule has 2 aromatic rings. The van der Waals surface area contributed by atoms with Crippen LogP contribution in [0.15, 0.2) is 42.6 Å². The molecule has 0 fully saturated rings. The third-order valence-corrected chi connectivity index (χ3v) is 3.11. The molecule has 0 saturated carbocycles. The summed E-state index contributed by atoms with van der Waals surface area (Å²) in [7, 11) is 1.60. The minimum absolute atomic E-state index is 0.118. The Morgan fingerprint density at radius 1 is 1.17 bits per heavy atom. The number of aromatic nitrogens is 1. The van der Waals surface area contributed by atoms with Crippen molar-refractivity contribution >= 4 is 17.4 Å². The molecule has 0 bridgehead atoms. The van der Waals surface area contributed by atoms with Crippen LogP contribution in [0.1, 0.15) is 15.9 Å². The first-order chi connectivity index (χ1) is 11.4. The van der Waals surface area contributed by atoms with Gasteiger partial charge in [-0.05, 0) is 36.4 Å².